The van der Waals surface area contributed by atoms with Crippen LogP contribution in [0.5, 0.6) is 0 Å². The molecule has 1 aliphatic rings. The fraction of sp³-hybridized carbons (Fsp3) is 0.500. The summed E-state index contributed by atoms with van der Waals surface area (Å²) in [6.07, 6.45) is 1.17. The predicted octanol–water partition coefficient (Wildman–Crippen LogP) is -0.175. The highest BCUT2D eigenvalue weighted by Gasteiger charge is 2.39. The zero-order chi connectivity index (χ0) is 11.9. The van der Waals surface area contributed by atoms with Crippen LogP contribution in [0.2, 0.25) is 0 Å². The zero-order valence-electron chi connectivity index (χ0n) is 8.50. The summed E-state index contributed by atoms with van der Waals surface area (Å²) in [4.78, 5) is 12.8. The number of amides is 1. The summed E-state index contributed by atoms with van der Waals surface area (Å²) in [5, 5.41) is 2.59. The third-order valence-electron chi connectivity index (χ3n) is 2.56. The van der Waals surface area contributed by atoms with Gasteiger partial charge in [-0.1, -0.05) is 0 Å². The Labute approximate surface area is 91.9 Å². The quantitative estimate of drug-likeness (QED) is 0.680. The fourth-order valence-corrected chi connectivity index (χ4v) is 2.39. The lowest BCUT2D eigenvalue weighted by molar-refractivity contribution is -0.117. The minimum Gasteiger partial charge on any atom is -0.296 e. The molecule has 16 heavy (non-hydrogen) atoms. The number of hydrogen-bond donors (Lipinski definition) is 0. The summed E-state index contributed by atoms with van der Waals surface area (Å²) in [5.74, 6) is 0.0611. The van der Waals surface area contributed by atoms with Gasteiger partial charge in [0.15, 0.2) is 0 Å². The fourth-order valence-electron chi connectivity index (χ4n) is 1.72. The number of hydrogen-bond acceptors (Lipinski definition) is 4. The van der Waals surface area contributed by atoms with Gasteiger partial charge in [0.2, 0.25) is 5.91 Å². The van der Waals surface area contributed by atoms with Crippen LogP contribution in [0.1, 0.15) is 6.42 Å². The lowest BCUT2D eigenvalue weighted by atomic mass is 10.4. The maximum atomic E-state index is 12.8. The molecule has 1 aliphatic heterocycles. The van der Waals surface area contributed by atoms with Crippen molar-refractivity contribution < 1.29 is 17.1 Å². The van der Waals surface area contributed by atoms with Crippen molar-refractivity contribution in [1.82, 2.24) is 9.78 Å². The van der Waals surface area contributed by atoms with Crippen LogP contribution in [0.15, 0.2) is 12.3 Å². The molecule has 0 spiro atoms. The third-order valence-corrected chi connectivity index (χ3v) is 3.67. The van der Waals surface area contributed by atoms with E-state index in [-0.39, 0.29) is 13.0 Å². The molecule has 2 rings (SSSR count). The lowest BCUT2D eigenvalue weighted by Gasteiger charge is -2.15. The molecule has 0 aliphatic carbocycles. The maximum absolute atomic E-state index is 12.8. The van der Waals surface area contributed by atoms with Crippen molar-refractivity contribution in [3.63, 3.8) is 0 Å². The van der Waals surface area contributed by atoms with Crippen molar-refractivity contribution in [2.24, 2.45) is 7.05 Å². The van der Waals surface area contributed by atoms with Gasteiger partial charge in [-0.05, 0) is 0 Å². The Bertz CT molecular complexity index is 524. The van der Waals surface area contributed by atoms with Crippen LogP contribution in [0.3, 0.4) is 0 Å². The van der Waals surface area contributed by atoms with Crippen LogP contribution in [0, 0.1) is 0 Å². The molecule has 1 amide bonds. The number of anilines is 1. The maximum Gasteiger partial charge on any atom is 0.307 e. The van der Waals surface area contributed by atoms with Crippen molar-refractivity contribution >= 4 is 21.9 Å². The topological polar surface area (TPSA) is 72.3 Å². The average molecular weight is 247 g/mol. The molecular formula is C8H10FN3O3S. The largest absolute Gasteiger partial charge is 0.307 e. The normalized spacial score (nSPS) is 21.8. The van der Waals surface area contributed by atoms with Gasteiger partial charge in [0, 0.05) is 26.1 Å². The highest BCUT2D eigenvalue weighted by atomic mass is 32.3. The Balaban J connectivity index is 2.28. The highest BCUT2D eigenvalue weighted by Crippen LogP contribution is 2.24. The van der Waals surface area contributed by atoms with Crippen molar-refractivity contribution in [2.75, 3.05) is 11.4 Å². The molecular weight excluding hydrogens is 237 g/mol. The third kappa shape index (κ3) is 1.80. The number of carbonyl (C=O) groups is 1. The molecule has 88 valence electrons. The van der Waals surface area contributed by atoms with Gasteiger partial charge in [-0.15, -0.1) is 3.89 Å². The average Bonchev–Trinajstić information content (AvgIpc) is 2.70. The van der Waals surface area contributed by atoms with E-state index in [0.717, 1.165) is 0 Å². The summed E-state index contributed by atoms with van der Waals surface area (Å²) in [6.45, 7) is -0.156. The minimum atomic E-state index is -4.66. The number of rotatable bonds is 2. The van der Waals surface area contributed by atoms with Gasteiger partial charge in [0.05, 0.1) is 6.20 Å². The standard InChI is InChI=1S/C8H10FN3O3S/c1-11-7(2-3-10-11)12-5-6(4-8(12)13)16(9,14)15/h2-3,6H,4-5H2,1H3. The van der Waals surface area contributed by atoms with Gasteiger partial charge in [0.1, 0.15) is 11.1 Å². The van der Waals surface area contributed by atoms with E-state index in [2.05, 4.69) is 5.10 Å². The van der Waals surface area contributed by atoms with Crippen LogP contribution in [-0.2, 0) is 22.1 Å². The molecule has 8 heteroatoms. The molecule has 1 unspecified atom stereocenters. The first-order valence-electron chi connectivity index (χ1n) is 4.61. The summed E-state index contributed by atoms with van der Waals surface area (Å²) in [6, 6.07) is 1.57. The molecule has 0 radical (unpaired) electrons. The van der Waals surface area contributed by atoms with Gasteiger partial charge in [-0.2, -0.15) is 13.5 Å². The predicted molar refractivity (Wildman–Crippen MR) is 54.0 cm³/mol. The van der Waals surface area contributed by atoms with Gasteiger partial charge < -0.3 is 0 Å². The molecule has 1 saturated heterocycles. The second-order valence-electron chi connectivity index (χ2n) is 3.62. The highest BCUT2D eigenvalue weighted by molar-refractivity contribution is 7.87. The van der Waals surface area contributed by atoms with Gasteiger partial charge in [-0.25, -0.2) is 0 Å². The summed E-state index contributed by atoms with van der Waals surface area (Å²) in [7, 11) is -3.04. The van der Waals surface area contributed by atoms with Crippen LogP contribution >= 0.6 is 0 Å². The monoisotopic (exact) mass is 247 g/mol. The number of carbonyl (C=O) groups excluding carboxylic acids is 1. The molecule has 0 aromatic carbocycles. The Hall–Kier alpha value is -1.44. The number of aromatic nitrogens is 2. The van der Waals surface area contributed by atoms with E-state index >= 15 is 0 Å². The van der Waals surface area contributed by atoms with E-state index in [9.17, 15) is 17.1 Å². The van der Waals surface area contributed by atoms with Gasteiger partial charge >= 0.3 is 10.2 Å². The molecule has 2 heterocycles. The van der Waals surface area contributed by atoms with Crippen LogP contribution in [0.25, 0.3) is 0 Å². The van der Waals surface area contributed by atoms with Crippen molar-refractivity contribution in [1.29, 1.82) is 0 Å². The molecule has 1 aromatic rings. The summed E-state index contributed by atoms with van der Waals surface area (Å²) < 4.78 is 35.6. The molecule has 0 saturated carbocycles. The van der Waals surface area contributed by atoms with Crippen LogP contribution < -0.4 is 4.90 Å². The van der Waals surface area contributed by atoms with E-state index in [0.29, 0.717) is 5.82 Å². The first kappa shape index (κ1) is 11.1. The van der Waals surface area contributed by atoms with Crippen LogP contribution in [-0.4, -0.2) is 35.9 Å². The van der Waals surface area contributed by atoms with E-state index in [1.165, 1.54) is 15.8 Å². The zero-order valence-corrected chi connectivity index (χ0v) is 9.32. The lowest BCUT2D eigenvalue weighted by Crippen LogP contribution is -2.28. The van der Waals surface area contributed by atoms with Crippen molar-refractivity contribution in [2.45, 2.75) is 11.7 Å². The number of halogens is 1. The smallest absolute Gasteiger partial charge is 0.296 e. The second kappa shape index (κ2) is 3.55. The summed E-state index contributed by atoms with van der Waals surface area (Å²) >= 11 is 0. The Morgan fingerprint density at radius 1 is 1.56 bits per heavy atom. The Kier molecular flexibility index (Phi) is 2.45. The Morgan fingerprint density at radius 2 is 2.25 bits per heavy atom. The molecule has 1 atom stereocenters. The first-order valence-corrected chi connectivity index (χ1v) is 6.06. The van der Waals surface area contributed by atoms with Crippen molar-refractivity contribution in [3.8, 4) is 0 Å². The Morgan fingerprint density at radius 3 is 2.69 bits per heavy atom. The molecule has 1 fully saturated rings. The van der Waals surface area contributed by atoms with E-state index < -0.39 is 21.4 Å². The van der Waals surface area contributed by atoms with Crippen LogP contribution in [0.4, 0.5) is 9.70 Å². The molecule has 6 nitrogen and oxygen atoms in total. The summed E-state index contributed by atoms with van der Waals surface area (Å²) in [5.41, 5.74) is 0. The van der Waals surface area contributed by atoms with Gasteiger partial charge in [-0.3, -0.25) is 14.4 Å². The van der Waals surface area contributed by atoms with Crippen molar-refractivity contribution in [3.05, 3.63) is 12.3 Å². The molecule has 0 N–H and O–H groups in total. The molecule has 0 bridgehead atoms. The minimum absolute atomic E-state index is 0.156. The number of aryl methyl sites for hydroxylation is 1. The number of nitrogens with zero attached hydrogens (tertiary/aromatic N) is 3. The SMILES string of the molecule is Cn1nccc1N1CC(S(=O)(=O)F)CC1=O. The van der Waals surface area contributed by atoms with E-state index in [1.807, 2.05) is 0 Å². The van der Waals surface area contributed by atoms with Gasteiger partial charge in [0.25, 0.3) is 0 Å². The molecule has 1 aromatic heterocycles. The first-order chi connectivity index (χ1) is 7.39. The second-order valence-corrected chi connectivity index (χ2v) is 5.24. The van der Waals surface area contributed by atoms with E-state index in [1.54, 1.807) is 13.1 Å². The van der Waals surface area contributed by atoms with E-state index in [4.69, 9.17) is 0 Å².